The van der Waals surface area contributed by atoms with E-state index in [0.717, 1.165) is 11.3 Å². The first kappa shape index (κ1) is 15.4. The number of anilines is 1. The molecule has 0 saturated heterocycles. The van der Waals surface area contributed by atoms with Gasteiger partial charge >= 0.3 is 0 Å². The van der Waals surface area contributed by atoms with Gasteiger partial charge < -0.3 is 15.2 Å². The molecule has 2 N–H and O–H groups in total. The first-order chi connectivity index (χ1) is 12.1. The summed E-state index contributed by atoms with van der Waals surface area (Å²) in [6, 6.07) is 5.72. The molecule has 8 heteroatoms. The molecule has 4 rings (SSSR count). The summed E-state index contributed by atoms with van der Waals surface area (Å²) in [6.07, 6.45) is 2.70. The Balaban J connectivity index is 1.73. The minimum Gasteiger partial charge on any atom is -0.493 e. The van der Waals surface area contributed by atoms with Gasteiger partial charge in [0.25, 0.3) is 5.78 Å². The summed E-state index contributed by atoms with van der Waals surface area (Å²) in [5.41, 5.74) is 7.92. The standard InChI is InChI=1S/C17H17N5O3/c1-24-14-4-3-9(7-15(14)25-2)10-5-12-11(13(23)6-10)8-22-17(19-12)20-16(18)21-22/h3-4,7-8,10H,5-6H2,1-2H3,(H2,18,21). The number of ketones is 1. The molecular formula is C17H17N5O3. The van der Waals surface area contributed by atoms with Crippen LogP contribution in [0, 0.1) is 0 Å². The fourth-order valence-corrected chi connectivity index (χ4v) is 3.24. The first-order valence-electron chi connectivity index (χ1n) is 7.86. The van der Waals surface area contributed by atoms with Crippen LogP contribution in [0.2, 0.25) is 0 Å². The van der Waals surface area contributed by atoms with Gasteiger partial charge in [0.05, 0.1) is 25.5 Å². The number of aromatic nitrogens is 4. The third-order valence-corrected chi connectivity index (χ3v) is 4.48. The summed E-state index contributed by atoms with van der Waals surface area (Å²) >= 11 is 0. The van der Waals surface area contributed by atoms with Crippen molar-refractivity contribution in [2.75, 3.05) is 20.0 Å². The maximum Gasteiger partial charge on any atom is 0.254 e. The van der Waals surface area contributed by atoms with Crippen molar-refractivity contribution in [2.45, 2.75) is 18.8 Å². The molecule has 25 heavy (non-hydrogen) atoms. The highest BCUT2D eigenvalue weighted by Gasteiger charge is 2.29. The highest BCUT2D eigenvalue weighted by atomic mass is 16.5. The summed E-state index contributed by atoms with van der Waals surface area (Å²) in [4.78, 5) is 21.1. The highest BCUT2D eigenvalue weighted by molar-refractivity contribution is 5.98. The minimum absolute atomic E-state index is 0.0232. The number of Topliss-reactive ketones (excluding diaryl/α,β-unsaturated/α-hetero) is 1. The molecule has 1 unspecified atom stereocenters. The first-order valence-corrected chi connectivity index (χ1v) is 7.86. The lowest BCUT2D eigenvalue weighted by Gasteiger charge is -2.23. The summed E-state index contributed by atoms with van der Waals surface area (Å²) < 4.78 is 12.1. The number of hydrogen-bond acceptors (Lipinski definition) is 7. The van der Waals surface area contributed by atoms with E-state index in [4.69, 9.17) is 15.2 Å². The molecule has 0 radical (unpaired) electrons. The third kappa shape index (κ3) is 2.55. The molecule has 1 aliphatic carbocycles. The van der Waals surface area contributed by atoms with Crippen LogP contribution in [0.5, 0.6) is 11.5 Å². The normalized spacial score (nSPS) is 16.7. The Morgan fingerprint density at radius 3 is 2.72 bits per heavy atom. The van der Waals surface area contributed by atoms with Crippen molar-refractivity contribution in [3.8, 4) is 11.5 Å². The Bertz CT molecular complexity index is 982. The van der Waals surface area contributed by atoms with Crippen molar-refractivity contribution in [1.82, 2.24) is 19.6 Å². The maximum absolute atomic E-state index is 12.6. The molecule has 0 saturated carbocycles. The monoisotopic (exact) mass is 339 g/mol. The van der Waals surface area contributed by atoms with Crippen LogP contribution in [0.4, 0.5) is 5.95 Å². The molecule has 8 nitrogen and oxygen atoms in total. The van der Waals surface area contributed by atoms with Crippen molar-refractivity contribution in [1.29, 1.82) is 0 Å². The van der Waals surface area contributed by atoms with E-state index in [1.54, 1.807) is 20.4 Å². The third-order valence-electron chi connectivity index (χ3n) is 4.48. The summed E-state index contributed by atoms with van der Waals surface area (Å²) in [5, 5.41) is 4.01. The van der Waals surface area contributed by atoms with Gasteiger partial charge in [-0.15, -0.1) is 5.10 Å². The van der Waals surface area contributed by atoms with Gasteiger partial charge in [0.1, 0.15) is 0 Å². The van der Waals surface area contributed by atoms with Crippen molar-refractivity contribution in [3.05, 3.63) is 41.2 Å². The molecule has 128 valence electrons. The summed E-state index contributed by atoms with van der Waals surface area (Å²) in [5.74, 6) is 1.90. The largest absolute Gasteiger partial charge is 0.493 e. The predicted octanol–water partition coefficient (Wildman–Crippen LogP) is 1.64. The molecular weight excluding hydrogens is 322 g/mol. The van der Waals surface area contributed by atoms with Crippen LogP contribution in [0.1, 0.15) is 34.0 Å². The van der Waals surface area contributed by atoms with Crippen LogP contribution in [0.3, 0.4) is 0 Å². The van der Waals surface area contributed by atoms with E-state index in [9.17, 15) is 4.79 Å². The van der Waals surface area contributed by atoms with Gasteiger partial charge in [0.2, 0.25) is 5.95 Å². The summed E-state index contributed by atoms with van der Waals surface area (Å²) in [6.45, 7) is 0. The van der Waals surface area contributed by atoms with E-state index in [-0.39, 0.29) is 17.6 Å². The van der Waals surface area contributed by atoms with Gasteiger partial charge in [0.15, 0.2) is 17.3 Å². The number of rotatable bonds is 3. The van der Waals surface area contributed by atoms with E-state index >= 15 is 0 Å². The van der Waals surface area contributed by atoms with Crippen LogP contribution in [0.25, 0.3) is 5.78 Å². The van der Waals surface area contributed by atoms with Gasteiger partial charge in [-0.3, -0.25) is 4.79 Å². The zero-order chi connectivity index (χ0) is 17.6. The van der Waals surface area contributed by atoms with Crippen LogP contribution < -0.4 is 15.2 Å². The molecule has 1 atom stereocenters. The second-order valence-electron chi connectivity index (χ2n) is 5.96. The van der Waals surface area contributed by atoms with E-state index in [1.165, 1.54) is 4.52 Å². The Morgan fingerprint density at radius 1 is 1.16 bits per heavy atom. The van der Waals surface area contributed by atoms with Crippen molar-refractivity contribution < 1.29 is 14.3 Å². The lowest BCUT2D eigenvalue weighted by atomic mass is 9.82. The van der Waals surface area contributed by atoms with Crippen LogP contribution in [-0.4, -0.2) is 39.6 Å². The van der Waals surface area contributed by atoms with E-state index in [0.29, 0.717) is 35.7 Å². The highest BCUT2D eigenvalue weighted by Crippen LogP contribution is 2.36. The van der Waals surface area contributed by atoms with Gasteiger partial charge in [-0.25, -0.2) is 9.50 Å². The van der Waals surface area contributed by atoms with Crippen molar-refractivity contribution >= 4 is 17.5 Å². The van der Waals surface area contributed by atoms with E-state index in [1.807, 2.05) is 18.2 Å². The number of nitrogens with zero attached hydrogens (tertiary/aromatic N) is 4. The van der Waals surface area contributed by atoms with E-state index in [2.05, 4.69) is 15.1 Å². The summed E-state index contributed by atoms with van der Waals surface area (Å²) in [7, 11) is 3.19. The molecule has 3 aromatic rings. The molecule has 0 spiro atoms. The van der Waals surface area contributed by atoms with Crippen molar-refractivity contribution in [2.24, 2.45) is 0 Å². The Labute approximate surface area is 143 Å². The number of carbonyl (C=O) groups excluding carboxylic acids is 1. The average molecular weight is 339 g/mol. The second kappa shape index (κ2) is 5.73. The molecule has 1 aromatic carbocycles. The van der Waals surface area contributed by atoms with Crippen LogP contribution >= 0.6 is 0 Å². The molecule has 0 amide bonds. The minimum atomic E-state index is 0.0232. The number of nitrogens with two attached hydrogens (primary N) is 1. The topological polar surface area (TPSA) is 105 Å². The molecule has 0 aliphatic heterocycles. The van der Waals surface area contributed by atoms with Crippen LogP contribution in [-0.2, 0) is 6.42 Å². The second-order valence-corrected chi connectivity index (χ2v) is 5.96. The molecule has 0 fully saturated rings. The number of carbonyl (C=O) groups is 1. The number of fused-ring (bicyclic) bond motifs is 2. The van der Waals surface area contributed by atoms with Gasteiger partial charge in [0, 0.05) is 12.6 Å². The van der Waals surface area contributed by atoms with Crippen LogP contribution in [0.15, 0.2) is 24.4 Å². The SMILES string of the molecule is COc1ccc(C2CC(=O)c3cn4nc(N)nc4nc3C2)cc1OC. The van der Waals surface area contributed by atoms with Gasteiger partial charge in [-0.1, -0.05) is 6.07 Å². The Morgan fingerprint density at radius 2 is 1.96 bits per heavy atom. The zero-order valence-electron chi connectivity index (χ0n) is 13.9. The molecule has 1 aliphatic rings. The number of ether oxygens (including phenoxy) is 2. The number of methoxy groups -OCH3 is 2. The Hall–Kier alpha value is -3.16. The predicted molar refractivity (Wildman–Crippen MR) is 90.1 cm³/mol. The molecule has 2 heterocycles. The quantitative estimate of drug-likeness (QED) is 0.773. The fraction of sp³-hybridized carbons (Fsp3) is 0.294. The van der Waals surface area contributed by atoms with Crippen molar-refractivity contribution in [3.63, 3.8) is 0 Å². The smallest absolute Gasteiger partial charge is 0.254 e. The van der Waals surface area contributed by atoms with Gasteiger partial charge in [-0.05, 0) is 30.0 Å². The Kier molecular flexibility index (Phi) is 3.52. The van der Waals surface area contributed by atoms with E-state index < -0.39 is 0 Å². The van der Waals surface area contributed by atoms with Gasteiger partial charge in [-0.2, -0.15) is 4.98 Å². The lowest BCUT2D eigenvalue weighted by molar-refractivity contribution is 0.0962. The lowest BCUT2D eigenvalue weighted by Crippen LogP contribution is -2.21. The maximum atomic E-state index is 12.6. The molecule has 2 aromatic heterocycles. The average Bonchev–Trinajstić information content (AvgIpc) is 2.98. The number of nitrogen functional groups attached to an aromatic ring is 1. The fourth-order valence-electron chi connectivity index (χ4n) is 3.24. The molecule has 0 bridgehead atoms. The zero-order valence-corrected chi connectivity index (χ0v) is 13.9. The number of hydrogen-bond donors (Lipinski definition) is 1. The number of benzene rings is 1.